The average molecular weight is 260 g/mol. The normalized spacial score (nSPS) is 10.7. The molecule has 0 aliphatic heterocycles. The minimum Gasteiger partial charge on any atom is -0.494 e. The molecule has 0 radical (unpaired) electrons. The van der Waals surface area contributed by atoms with Crippen molar-refractivity contribution in [1.82, 2.24) is 0 Å². The van der Waals surface area contributed by atoms with Gasteiger partial charge >= 0.3 is 0 Å². The van der Waals surface area contributed by atoms with Crippen molar-refractivity contribution in [1.29, 1.82) is 0 Å². The molecule has 6 heteroatoms. The van der Waals surface area contributed by atoms with Crippen LogP contribution in [-0.4, -0.2) is 12.5 Å². The highest BCUT2D eigenvalue weighted by atomic mass is 16.5. The van der Waals surface area contributed by atoms with E-state index < -0.39 is 5.91 Å². The van der Waals surface area contributed by atoms with Crippen LogP contribution in [-0.2, 0) is 4.79 Å². The van der Waals surface area contributed by atoms with Gasteiger partial charge in [0.1, 0.15) is 5.75 Å². The van der Waals surface area contributed by atoms with Gasteiger partial charge < -0.3 is 10.5 Å². The number of hydrogen-bond donors (Lipinski definition) is 1. The van der Waals surface area contributed by atoms with E-state index >= 15 is 0 Å². The third-order valence-corrected chi connectivity index (χ3v) is 2.45. The molecule has 2 N–H and O–H groups in total. The van der Waals surface area contributed by atoms with Crippen LogP contribution < -0.4 is 10.5 Å². The molecular weight excluding hydrogens is 244 g/mol. The van der Waals surface area contributed by atoms with Crippen molar-refractivity contribution in [3.63, 3.8) is 0 Å². The second-order valence-electron chi connectivity index (χ2n) is 3.93. The lowest BCUT2D eigenvalue weighted by Gasteiger charge is -2.05. The predicted octanol–water partition coefficient (Wildman–Crippen LogP) is 3.22. The lowest BCUT2D eigenvalue weighted by Crippen LogP contribution is -2.11. The van der Waals surface area contributed by atoms with E-state index in [9.17, 15) is 4.79 Å². The maximum atomic E-state index is 10.8. The minimum atomic E-state index is -0.394. The van der Waals surface area contributed by atoms with Crippen LogP contribution in [0.5, 0.6) is 5.75 Å². The first-order chi connectivity index (χ1) is 9.13. The van der Waals surface area contributed by atoms with Gasteiger partial charge in [-0.2, -0.15) is 0 Å². The predicted molar refractivity (Wildman–Crippen MR) is 72.9 cm³/mol. The first-order valence-corrected chi connectivity index (χ1v) is 5.88. The zero-order chi connectivity index (χ0) is 14.1. The Hall–Kier alpha value is -2.46. The van der Waals surface area contributed by atoms with Crippen molar-refractivity contribution < 1.29 is 9.53 Å². The highest BCUT2D eigenvalue weighted by molar-refractivity contribution is 5.91. The summed E-state index contributed by atoms with van der Waals surface area (Å²) in [6, 6.07) is 6.86. The van der Waals surface area contributed by atoms with Crippen molar-refractivity contribution >= 4 is 11.6 Å². The Morgan fingerprint density at radius 1 is 1.47 bits per heavy atom. The molecule has 0 heterocycles. The summed E-state index contributed by atoms with van der Waals surface area (Å²) in [5.74, 6) is 0.321. The summed E-state index contributed by atoms with van der Waals surface area (Å²) in [4.78, 5) is 13.5. The lowest BCUT2D eigenvalue weighted by molar-refractivity contribution is -0.114. The number of amides is 1. The van der Waals surface area contributed by atoms with Crippen molar-refractivity contribution in [2.75, 3.05) is 6.61 Å². The van der Waals surface area contributed by atoms with Gasteiger partial charge in [-0.3, -0.25) is 4.79 Å². The van der Waals surface area contributed by atoms with E-state index in [2.05, 4.69) is 10.0 Å². The molecule has 1 rings (SSSR count). The van der Waals surface area contributed by atoms with E-state index in [0.29, 0.717) is 23.6 Å². The minimum absolute atomic E-state index is 0.394. The summed E-state index contributed by atoms with van der Waals surface area (Å²) < 4.78 is 5.50. The van der Waals surface area contributed by atoms with E-state index in [-0.39, 0.29) is 0 Å². The largest absolute Gasteiger partial charge is 0.494 e. The number of rotatable bonds is 7. The number of nitrogens with two attached hydrogens (primary N) is 1. The van der Waals surface area contributed by atoms with Crippen LogP contribution in [0, 0.1) is 0 Å². The molecule has 0 fully saturated rings. The third-order valence-electron chi connectivity index (χ3n) is 2.45. The molecule has 0 saturated carbocycles. The molecule has 6 nitrogen and oxygen atoms in total. The van der Waals surface area contributed by atoms with Crippen LogP contribution in [0.1, 0.15) is 19.8 Å². The van der Waals surface area contributed by atoms with E-state index in [1.165, 1.54) is 0 Å². The molecule has 0 aliphatic carbocycles. The Morgan fingerprint density at radius 2 is 2.16 bits per heavy atom. The number of hydrogen-bond acceptors (Lipinski definition) is 3. The number of carbonyl (C=O) groups excluding carboxylic acids is 1. The molecule has 0 spiro atoms. The summed E-state index contributed by atoms with van der Waals surface area (Å²) in [6.45, 7) is 2.24. The fourth-order valence-electron chi connectivity index (χ4n) is 1.35. The number of primary amides is 1. The molecule has 0 bridgehead atoms. The Labute approximate surface area is 111 Å². The van der Waals surface area contributed by atoms with Crippen molar-refractivity contribution in [2.45, 2.75) is 19.8 Å². The number of allylic oxidation sites excluding steroid dienone is 1. The van der Waals surface area contributed by atoms with Crippen LogP contribution in [0.15, 0.2) is 41.0 Å². The zero-order valence-corrected chi connectivity index (χ0v) is 10.7. The van der Waals surface area contributed by atoms with E-state index in [4.69, 9.17) is 16.0 Å². The van der Waals surface area contributed by atoms with Gasteiger partial charge in [-0.25, -0.2) is 0 Å². The second-order valence-corrected chi connectivity index (χ2v) is 3.93. The standard InChI is InChI=1S/C13H16N4O2/c1-10(13(14)18)4-2-3-9-19-12-7-5-11(6-8-12)16-17-15/h4-8H,2-3,9H2,1H3,(H2,14,18). The molecule has 0 aliphatic rings. The topological polar surface area (TPSA) is 101 Å². The summed E-state index contributed by atoms with van der Waals surface area (Å²) in [7, 11) is 0. The smallest absolute Gasteiger partial charge is 0.244 e. The van der Waals surface area contributed by atoms with E-state index in [0.717, 1.165) is 12.8 Å². The maximum Gasteiger partial charge on any atom is 0.244 e. The van der Waals surface area contributed by atoms with Gasteiger partial charge in [-0.05, 0) is 49.6 Å². The highest BCUT2D eigenvalue weighted by Gasteiger charge is 1.96. The van der Waals surface area contributed by atoms with Gasteiger partial charge in [0.25, 0.3) is 0 Å². The van der Waals surface area contributed by atoms with Crippen LogP contribution in [0.2, 0.25) is 0 Å². The molecule has 0 saturated heterocycles. The van der Waals surface area contributed by atoms with Crippen LogP contribution >= 0.6 is 0 Å². The summed E-state index contributed by atoms with van der Waals surface area (Å²) in [5.41, 5.74) is 14.5. The number of benzene rings is 1. The summed E-state index contributed by atoms with van der Waals surface area (Å²) in [5, 5.41) is 3.47. The van der Waals surface area contributed by atoms with Crippen LogP contribution in [0.3, 0.4) is 0 Å². The summed E-state index contributed by atoms with van der Waals surface area (Å²) >= 11 is 0. The SMILES string of the molecule is CC(=CCCCOc1ccc(N=[N+]=[N-])cc1)C(N)=O. The highest BCUT2D eigenvalue weighted by Crippen LogP contribution is 2.18. The Kier molecular flexibility index (Phi) is 5.98. The molecule has 1 amide bonds. The second kappa shape index (κ2) is 7.79. The van der Waals surface area contributed by atoms with Gasteiger partial charge in [0.15, 0.2) is 0 Å². The first kappa shape index (κ1) is 14.6. The fourth-order valence-corrected chi connectivity index (χ4v) is 1.35. The quantitative estimate of drug-likeness (QED) is 0.267. The van der Waals surface area contributed by atoms with E-state index in [1.54, 1.807) is 37.3 Å². The lowest BCUT2D eigenvalue weighted by atomic mass is 10.2. The van der Waals surface area contributed by atoms with Crippen LogP contribution in [0.4, 0.5) is 5.69 Å². The number of azide groups is 1. The van der Waals surface area contributed by atoms with Crippen molar-refractivity contribution in [3.05, 3.63) is 46.4 Å². The van der Waals surface area contributed by atoms with Crippen molar-refractivity contribution in [2.24, 2.45) is 10.8 Å². The van der Waals surface area contributed by atoms with Gasteiger partial charge in [0.2, 0.25) is 5.91 Å². The first-order valence-electron chi connectivity index (χ1n) is 5.88. The Bertz CT molecular complexity index is 502. The monoisotopic (exact) mass is 260 g/mol. The molecule has 1 aromatic carbocycles. The summed E-state index contributed by atoms with van der Waals surface area (Å²) in [6.07, 6.45) is 3.34. The molecular formula is C13H16N4O2. The van der Waals surface area contributed by atoms with Gasteiger partial charge in [0.05, 0.1) is 6.61 Å². The molecule has 0 unspecified atom stereocenters. The van der Waals surface area contributed by atoms with Crippen LogP contribution in [0.25, 0.3) is 10.4 Å². The van der Waals surface area contributed by atoms with Gasteiger partial charge in [0, 0.05) is 16.2 Å². The Balaban J connectivity index is 2.31. The zero-order valence-electron chi connectivity index (χ0n) is 10.7. The number of unbranched alkanes of at least 4 members (excludes halogenated alkanes) is 1. The molecule has 1 aromatic rings. The van der Waals surface area contributed by atoms with Gasteiger partial charge in [-0.1, -0.05) is 11.2 Å². The van der Waals surface area contributed by atoms with E-state index in [1.807, 2.05) is 0 Å². The van der Waals surface area contributed by atoms with Gasteiger partial charge in [-0.15, -0.1) is 0 Å². The number of carbonyl (C=O) groups is 1. The molecule has 19 heavy (non-hydrogen) atoms. The third kappa shape index (κ3) is 5.61. The Morgan fingerprint density at radius 3 is 2.74 bits per heavy atom. The molecule has 0 atom stereocenters. The molecule has 0 aromatic heterocycles. The molecule has 100 valence electrons. The average Bonchev–Trinajstić information content (AvgIpc) is 2.40. The fraction of sp³-hybridized carbons (Fsp3) is 0.308. The maximum absolute atomic E-state index is 10.8. The van der Waals surface area contributed by atoms with Crippen molar-refractivity contribution in [3.8, 4) is 5.75 Å². The number of ether oxygens (including phenoxy) is 1. The number of nitrogens with zero attached hydrogens (tertiary/aromatic N) is 3.